The number of imidazole rings is 1. The summed E-state index contributed by atoms with van der Waals surface area (Å²) in [6.45, 7) is 5.53. The maximum Gasteiger partial charge on any atom is 0.137 e. The fourth-order valence-electron chi connectivity index (χ4n) is 2.25. The summed E-state index contributed by atoms with van der Waals surface area (Å²) >= 11 is 5.96. The SMILES string of the molecule is Cc1n[nH]c(C)c1CNCc1cn2cc(Cl)ccc2n1. The zero-order valence-corrected chi connectivity index (χ0v) is 12.2. The number of pyridine rings is 1. The molecule has 0 fully saturated rings. The van der Waals surface area contributed by atoms with Crippen molar-refractivity contribution in [3.05, 3.63) is 52.2 Å². The molecule has 0 aliphatic heterocycles. The summed E-state index contributed by atoms with van der Waals surface area (Å²) in [5, 5.41) is 11.3. The van der Waals surface area contributed by atoms with Crippen molar-refractivity contribution >= 4 is 17.2 Å². The van der Waals surface area contributed by atoms with E-state index in [2.05, 4.69) is 20.5 Å². The molecule has 0 saturated carbocycles. The summed E-state index contributed by atoms with van der Waals surface area (Å²) in [6, 6.07) is 3.76. The Bertz CT molecular complexity index is 724. The third-order valence-electron chi connectivity index (χ3n) is 3.35. The zero-order chi connectivity index (χ0) is 14.1. The van der Waals surface area contributed by atoms with Crippen LogP contribution in [0, 0.1) is 13.8 Å². The summed E-state index contributed by atoms with van der Waals surface area (Å²) in [6.07, 6.45) is 3.85. The Morgan fingerprint density at radius 3 is 2.85 bits per heavy atom. The molecule has 0 atom stereocenters. The second-order valence-corrected chi connectivity index (χ2v) is 5.30. The predicted octanol–water partition coefficient (Wildman–Crippen LogP) is 2.62. The van der Waals surface area contributed by atoms with Crippen molar-refractivity contribution in [2.45, 2.75) is 26.9 Å². The largest absolute Gasteiger partial charge is 0.307 e. The molecule has 0 spiro atoms. The summed E-state index contributed by atoms with van der Waals surface area (Å²) in [7, 11) is 0. The van der Waals surface area contributed by atoms with Crippen LogP contribution in [-0.2, 0) is 13.1 Å². The molecule has 0 aromatic carbocycles. The molecule has 3 heterocycles. The third kappa shape index (κ3) is 2.55. The molecular weight excluding hydrogens is 274 g/mol. The molecule has 6 heteroatoms. The molecule has 104 valence electrons. The lowest BCUT2D eigenvalue weighted by Crippen LogP contribution is -2.13. The highest BCUT2D eigenvalue weighted by molar-refractivity contribution is 6.30. The Balaban J connectivity index is 1.68. The van der Waals surface area contributed by atoms with E-state index in [4.69, 9.17) is 11.6 Å². The fraction of sp³-hybridized carbons (Fsp3) is 0.286. The van der Waals surface area contributed by atoms with Gasteiger partial charge in [0.2, 0.25) is 0 Å². The van der Waals surface area contributed by atoms with Crippen LogP contribution in [0.5, 0.6) is 0 Å². The molecule has 3 aromatic heterocycles. The number of halogens is 1. The normalized spacial score (nSPS) is 11.3. The molecule has 3 aromatic rings. The van der Waals surface area contributed by atoms with E-state index in [-0.39, 0.29) is 0 Å². The monoisotopic (exact) mass is 289 g/mol. The molecule has 0 radical (unpaired) electrons. The number of nitrogens with one attached hydrogen (secondary N) is 2. The van der Waals surface area contributed by atoms with Crippen LogP contribution in [0.15, 0.2) is 24.5 Å². The first-order valence-electron chi connectivity index (χ1n) is 6.48. The summed E-state index contributed by atoms with van der Waals surface area (Å²) in [5.74, 6) is 0. The van der Waals surface area contributed by atoms with Crippen LogP contribution in [-0.4, -0.2) is 19.6 Å². The van der Waals surface area contributed by atoms with E-state index < -0.39 is 0 Å². The van der Waals surface area contributed by atoms with Gasteiger partial charge in [0.15, 0.2) is 0 Å². The van der Waals surface area contributed by atoms with Crippen molar-refractivity contribution in [2.75, 3.05) is 0 Å². The number of rotatable bonds is 4. The Labute approximate surface area is 122 Å². The standard InChI is InChI=1S/C14H16ClN5/c1-9-13(10(2)19-18-9)6-16-5-12-8-20-7-11(15)3-4-14(20)17-12/h3-4,7-8,16H,5-6H2,1-2H3,(H,18,19). The molecule has 0 unspecified atom stereocenters. The maximum absolute atomic E-state index is 5.96. The smallest absolute Gasteiger partial charge is 0.137 e. The second-order valence-electron chi connectivity index (χ2n) is 4.86. The van der Waals surface area contributed by atoms with E-state index in [1.165, 1.54) is 5.56 Å². The fourth-order valence-corrected chi connectivity index (χ4v) is 2.42. The molecule has 5 nitrogen and oxygen atoms in total. The van der Waals surface area contributed by atoms with Gasteiger partial charge in [0.1, 0.15) is 5.65 Å². The van der Waals surface area contributed by atoms with E-state index in [1.807, 2.05) is 42.8 Å². The van der Waals surface area contributed by atoms with Crippen molar-refractivity contribution in [1.29, 1.82) is 0 Å². The molecule has 20 heavy (non-hydrogen) atoms. The van der Waals surface area contributed by atoms with Gasteiger partial charge in [-0.05, 0) is 26.0 Å². The molecule has 2 N–H and O–H groups in total. The molecule has 3 rings (SSSR count). The van der Waals surface area contributed by atoms with Gasteiger partial charge in [-0.3, -0.25) is 5.10 Å². The van der Waals surface area contributed by atoms with Crippen LogP contribution in [0.3, 0.4) is 0 Å². The Morgan fingerprint density at radius 2 is 2.10 bits per heavy atom. The van der Waals surface area contributed by atoms with Crippen LogP contribution in [0.4, 0.5) is 0 Å². The van der Waals surface area contributed by atoms with Crippen molar-refractivity contribution in [3.63, 3.8) is 0 Å². The molecule has 0 saturated heterocycles. The minimum atomic E-state index is 0.707. The average Bonchev–Trinajstić information content (AvgIpc) is 2.95. The summed E-state index contributed by atoms with van der Waals surface area (Å²) in [4.78, 5) is 4.54. The van der Waals surface area contributed by atoms with Crippen LogP contribution in [0.2, 0.25) is 5.02 Å². The number of H-pyrrole nitrogens is 1. The minimum Gasteiger partial charge on any atom is -0.307 e. The van der Waals surface area contributed by atoms with Crippen LogP contribution < -0.4 is 5.32 Å². The van der Waals surface area contributed by atoms with Crippen LogP contribution in [0.1, 0.15) is 22.6 Å². The lowest BCUT2D eigenvalue weighted by atomic mass is 10.2. The topological polar surface area (TPSA) is 58.0 Å². The number of fused-ring (bicyclic) bond motifs is 1. The predicted molar refractivity (Wildman–Crippen MR) is 78.8 cm³/mol. The second kappa shape index (κ2) is 5.26. The first-order chi connectivity index (χ1) is 9.63. The Morgan fingerprint density at radius 1 is 1.25 bits per heavy atom. The van der Waals surface area contributed by atoms with Crippen molar-refractivity contribution in [3.8, 4) is 0 Å². The first kappa shape index (κ1) is 13.1. The van der Waals surface area contributed by atoms with E-state index in [0.717, 1.165) is 29.3 Å². The highest BCUT2D eigenvalue weighted by Gasteiger charge is 2.06. The summed E-state index contributed by atoms with van der Waals surface area (Å²) < 4.78 is 1.94. The van der Waals surface area contributed by atoms with Crippen molar-refractivity contribution in [2.24, 2.45) is 0 Å². The lowest BCUT2D eigenvalue weighted by molar-refractivity contribution is 0.678. The number of aryl methyl sites for hydroxylation is 2. The highest BCUT2D eigenvalue weighted by atomic mass is 35.5. The lowest BCUT2D eigenvalue weighted by Gasteiger charge is -2.02. The number of nitrogens with zero attached hydrogens (tertiary/aromatic N) is 3. The van der Waals surface area contributed by atoms with Gasteiger partial charge in [-0.2, -0.15) is 5.10 Å². The van der Waals surface area contributed by atoms with Gasteiger partial charge >= 0.3 is 0 Å². The molecule has 0 bridgehead atoms. The van der Waals surface area contributed by atoms with E-state index in [0.29, 0.717) is 11.6 Å². The molecule has 0 aliphatic carbocycles. The van der Waals surface area contributed by atoms with Crippen molar-refractivity contribution < 1.29 is 0 Å². The summed E-state index contributed by atoms with van der Waals surface area (Å²) in [5.41, 5.74) is 5.26. The first-order valence-corrected chi connectivity index (χ1v) is 6.85. The van der Waals surface area contributed by atoms with Gasteiger partial charge in [-0.25, -0.2) is 4.98 Å². The van der Waals surface area contributed by atoms with Gasteiger partial charge in [0, 0.05) is 36.7 Å². The van der Waals surface area contributed by atoms with Crippen LogP contribution in [0.25, 0.3) is 5.65 Å². The molecule has 0 amide bonds. The van der Waals surface area contributed by atoms with E-state index in [9.17, 15) is 0 Å². The molecule has 0 aliphatic rings. The van der Waals surface area contributed by atoms with Crippen LogP contribution >= 0.6 is 11.6 Å². The van der Waals surface area contributed by atoms with Gasteiger partial charge in [-0.15, -0.1) is 0 Å². The highest BCUT2D eigenvalue weighted by Crippen LogP contribution is 2.12. The zero-order valence-electron chi connectivity index (χ0n) is 11.4. The number of aromatic nitrogens is 4. The van der Waals surface area contributed by atoms with Crippen molar-refractivity contribution in [1.82, 2.24) is 24.9 Å². The molecular formula is C14H16ClN5. The van der Waals surface area contributed by atoms with E-state index in [1.54, 1.807) is 0 Å². The van der Waals surface area contributed by atoms with E-state index >= 15 is 0 Å². The van der Waals surface area contributed by atoms with Gasteiger partial charge in [0.05, 0.1) is 16.4 Å². The van der Waals surface area contributed by atoms with Gasteiger partial charge in [0.25, 0.3) is 0 Å². The van der Waals surface area contributed by atoms with Gasteiger partial charge < -0.3 is 9.72 Å². The number of hydrogen-bond donors (Lipinski definition) is 2. The third-order valence-corrected chi connectivity index (χ3v) is 3.58. The quantitative estimate of drug-likeness (QED) is 0.776. The van der Waals surface area contributed by atoms with Gasteiger partial charge in [-0.1, -0.05) is 11.6 Å². The number of aromatic amines is 1. The average molecular weight is 290 g/mol. The minimum absolute atomic E-state index is 0.707. The number of hydrogen-bond acceptors (Lipinski definition) is 3. The Hall–Kier alpha value is -1.85. The maximum atomic E-state index is 5.96. The Kier molecular flexibility index (Phi) is 3.46.